The van der Waals surface area contributed by atoms with Gasteiger partial charge in [-0.3, -0.25) is 0 Å². The van der Waals surface area contributed by atoms with Crippen molar-refractivity contribution in [3.8, 4) is 22.8 Å². The normalized spacial score (nSPS) is 11.9. The van der Waals surface area contributed by atoms with Gasteiger partial charge in [-0.2, -0.15) is 0 Å². The van der Waals surface area contributed by atoms with Crippen molar-refractivity contribution in [2.75, 3.05) is 6.61 Å². The monoisotopic (exact) mass is 499 g/mol. The van der Waals surface area contributed by atoms with E-state index in [9.17, 15) is 15.1 Å². The molecule has 0 saturated carbocycles. The van der Waals surface area contributed by atoms with Crippen LogP contribution < -0.4 is 14.2 Å². The van der Waals surface area contributed by atoms with Crippen LogP contribution >= 0.6 is 0 Å². The minimum atomic E-state index is -1.15. The maximum atomic E-state index is 12.7. The number of carboxylic acid groups (broad SMARTS) is 1. The number of pyridine rings is 1. The van der Waals surface area contributed by atoms with Gasteiger partial charge in [-0.15, -0.1) is 4.73 Å². The number of ether oxygens (including phenoxy) is 2. The van der Waals surface area contributed by atoms with Gasteiger partial charge in [-0.05, 0) is 49.9 Å². The maximum Gasteiger partial charge on any atom is 0.387 e. The standard InChI is InChI=1S/C30H45NO5/c1-4-6-8-10-11-12-13-15-21-35-27-19-17-25(18-20-27)28-22-26(30(32)33)23-31(34)29(28)36-24(3)16-14-9-7-5-2/h17-20,22-24H,4-16,21H2,1-3H3,(H,32,33)/t24-/m0/s1. The van der Waals surface area contributed by atoms with Gasteiger partial charge < -0.3 is 19.8 Å². The summed E-state index contributed by atoms with van der Waals surface area (Å²) in [4.78, 5) is 11.6. The van der Waals surface area contributed by atoms with Gasteiger partial charge in [-0.25, -0.2) is 4.79 Å². The summed E-state index contributed by atoms with van der Waals surface area (Å²) in [6, 6.07) is 8.93. The van der Waals surface area contributed by atoms with Crippen molar-refractivity contribution >= 4 is 5.97 Å². The molecule has 2 aromatic rings. The predicted molar refractivity (Wildman–Crippen MR) is 145 cm³/mol. The average Bonchev–Trinajstić information content (AvgIpc) is 2.87. The van der Waals surface area contributed by atoms with Gasteiger partial charge in [0.2, 0.25) is 0 Å². The van der Waals surface area contributed by atoms with Gasteiger partial charge in [0.25, 0.3) is 0 Å². The summed E-state index contributed by atoms with van der Waals surface area (Å²) in [6.45, 7) is 7.03. The van der Waals surface area contributed by atoms with Crippen LogP contribution in [0.15, 0.2) is 36.5 Å². The lowest BCUT2D eigenvalue weighted by atomic mass is 10.0. The minimum Gasteiger partial charge on any atom is -0.616 e. The number of carbonyl (C=O) groups is 1. The van der Waals surface area contributed by atoms with Crippen LogP contribution in [0.1, 0.15) is 115 Å². The smallest absolute Gasteiger partial charge is 0.387 e. The highest BCUT2D eigenvalue weighted by molar-refractivity contribution is 5.89. The van der Waals surface area contributed by atoms with Crippen molar-refractivity contribution in [2.45, 2.75) is 110 Å². The van der Waals surface area contributed by atoms with Crippen molar-refractivity contribution in [1.29, 1.82) is 0 Å². The molecule has 200 valence electrons. The zero-order valence-corrected chi connectivity index (χ0v) is 22.5. The number of aromatic carboxylic acids is 1. The van der Waals surface area contributed by atoms with Gasteiger partial charge in [0, 0.05) is 0 Å². The molecule has 0 unspecified atom stereocenters. The molecule has 0 aliphatic carbocycles. The van der Waals surface area contributed by atoms with E-state index in [-0.39, 0.29) is 17.5 Å². The molecule has 1 atom stereocenters. The number of aromatic nitrogens is 1. The van der Waals surface area contributed by atoms with Crippen LogP contribution in [0.3, 0.4) is 0 Å². The van der Waals surface area contributed by atoms with Crippen molar-refractivity contribution in [1.82, 2.24) is 0 Å². The van der Waals surface area contributed by atoms with Crippen molar-refractivity contribution in [3.63, 3.8) is 0 Å². The highest BCUT2D eigenvalue weighted by Crippen LogP contribution is 2.31. The summed E-state index contributed by atoms with van der Waals surface area (Å²) in [6.07, 6.45) is 16.3. The van der Waals surface area contributed by atoms with Gasteiger partial charge in [0.15, 0.2) is 6.20 Å². The average molecular weight is 500 g/mol. The van der Waals surface area contributed by atoms with E-state index in [4.69, 9.17) is 9.47 Å². The first-order chi connectivity index (χ1) is 17.5. The molecule has 0 fully saturated rings. The molecule has 0 radical (unpaired) electrons. The Morgan fingerprint density at radius 3 is 2.11 bits per heavy atom. The van der Waals surface area contributed by atoms with Crippen LogP contribution in [0.25, 0.3) is 11.1 Å². The van der Waals surface area contributed by atoms with Crippen molar-refractivity contribution in [2.24, 2.45) is 0 Å². The summed E-state index contributed by atoms with van der Waals surface area (Å²) < 4.78 is 12.5. The quantitative estimate of drug-likeness (QED) is 0.120. The number of hydrogen-bond acceptors (Lipinski definition) is 4. The van der Waals surface area contributed by atoms with Gasteiger partial charge in [-0.1, -0.05) is 90.2 Å². The van der Waals surface area contributed by atoms with Crippen LogP contribution in [0, 0.1) is 5.21 Å². The molecule has 1 N–H and O–H groups in total. The second-order valence-electron chi connectivity index (χ2n) is 9.70. The van der Waals surface area contributed by atoms with E-state index < -0.39 is 5.97 Å². The fourth-order valence-electron chi connectivity index (χ4n) is 4.26. The first-order valence-corrected chi connectivity index (χ1v) is 13.9. The molecule has 0 amide bonds. The summed E-state index contributed by atoms with van der Waals surface area (Å²) in [5.74, 6) is -0.251. The first kappa shape index (κ1) is 29.5. The fourth-order valence-corrected chi connectivity index (χ4v) is 4.26. The van der Waals surface area contributed by atoms with Crippen molar-refractivity contribution in [3.05, 3.63) is 47.3 Å². The third kappa shape index (κ3) is 10.5. The third-order valence-electron chi connectivity index (χ3n) is 6.44. The van der Waals surface area contributed by atoms with E-state index in [0.29, 0.717) is 16.9 Å². The van der Waals surface area contributed by atoms with E-state index >= 15 is 0 Å². The zero-order valence-electron chi connectivity index (χ0n) is 22.5. The Morgan fingerprint density at radius 2 is 1.50 bits per heavy atom. The Labute approximate surface area is 217 Å². The zero-order chi connectivity index (χ0) is 26.2. The fraction of sp³-hybridized carbons (Fsp3) is 0.600. The summed E-state index contributed by atoms with van der Waals surface area (Å²) in [5.41, 5.74) is 1.12. The Morgan fingerprint density at radius 1 is 0.917 bits per heavy atom. The molecule has 1 aromatic heterocycles. The summed E-state index contributed by atoms with van der Waals surface area (Å²) in [7, 11) is 0. The number of hydrogen-bond donors (Lipinski definition) is 1. The molecule has 0 bridgehead atoms. The number of rotatable bonds is 19. The van der Waals surface area contributed by atoms with Crippen molar-refractivity contribution < 1.29 is 24.1 Å². The van der Waals surface area contributed by atoms with Gasteiger partial charge >= 0.3 is 11.8 Å². The molecule has 0 saturated heterocycles. The number of unbranched alkanes of at least 4 members (excludes halogenated alkanes) is 10. The van der Waals surface area contributed by atoms with E-state index in [1.165, 1.54) is 57.4 Å². The highest BCUT2D eigenvalue weighted by atomic mass is 16.6. The molecular formula is C30H45NO5. The Bertz CT molecular complexity index is 897. The van der Waals surface area contributed by atoms with Gasteiger partial charge in [0.05, 0.1) is 12.2 Å². The number of benzene rings is 1. The molecular weight excluding hydrogens is 454 g/mol. The van der Waals surface area contributed by atoms with Crippen LogP contribution in [-0.2, 0) is 0 Å². The Balaban J connectivity index is 1.99. The van der Waals surface area contributed by atoms with E-state index in [1.807, 2.05) is 31.2 Å². The van der Waals surface area contributed by atoms with Crippen LogP contribution in [-0.4, -0.2) is 23.8 Å². The molecule has 0 spiro atoms. The van der Waals surface area contributed by atoms with Gasteiger partial charge in [0.1, 0.15) is 17.4 Å². The molecule has 6 heteroatoms. The molecule has 6 nitrogen and oxygen atoms in total. The molecule has 1 heterocycles. The van der Waals surface area contributed by atoms with E-state index in [2.05, 4.69) is 13.8 Å². The SMILES string of the molecule is CCCCCCCCCCOc1ccc(-c2cc(C(=O)O)c[n+]([O-])c2O[C@@H](C)CCCCCC)cc1. The van der Waals surface area contributed by atoms with Crippen LogP contribution in [0.2, 0.25) is 0 Å². The second kappa shape index (κ2) is 16.8. The first-order valence-electron chi connectivity index (χ1n) is 13.9. The molecule has 0 aliphatic rings. The van der Waals surface area contributed by atoms with E-state index in [0.717, 1.165) is 49.6 Å². The number of carboxylic acids is 1. The van der Waals surface area contributed by atoms with E-state index in [1.54, 1.807) is 0 Å². The predicted octanol–water partition coefficient (Wildman–Crippen LogP) is 7.94. The molecule has 2 rings (SSSR count). The third-order valence-corrected chi connectivity index (χ3v) is 6.44. The second-order valence-corrected chi connectivity index (χ2v) is 9.70. The van der Waals surface area contributed by atoms with Crippen LogP contribution in [0.4, 0.5) is 0 Å². The maximum absolute atomic E-state index is 12.7. The summed E-state index contributed by atoms with van der Waals surface area (Å²) >= 11 is 0. The minimum absolute atomic E-state index is 0.0713. The Hall–Kier alpha value is -2.76. The molecule has 36 heavy (non-hydrogen) atoms. The lowest BCUT2D eigenvalue weighted by Gasteiger charge is -2.17. The molecule has 0 aliphatic heterocycles. The lowest BCUT2D eigenvalue weighted by molar-refractivity contribution is -0.613. The largest absolute Gasteiger partial charge is 0.616 e. The topological polar surface area (TPSA) is 82.7 Å². The lowest BCUT2D eigenvalue weighted by Crippen LogP contribution is -2.33. The number of nitrogens with zero attached hydrogens (tertiary/aromatic N) is 1. The van der Waals surface area contributed by atoms with Crippen LogP contribution in [0.5, 0.6) is 11.6 Å². The molecule has 1 aromatic carbocycles. The highest BCUT2D eigenvalue weighted by Gasteiger charge is 2.23. The Kier molecular flexibility index (Phi) is 13.8. The summed E-state index contributed by atoms with van der Waals surface area (Å²) in [5, 5.41) is 22.2.